The molecule has 0 saturated carbocycles. The van der Waals surface area contributed by atoms with Crippen molar-refractivity contribution < 1.29 is 4.79 Å². The second-order valence-electron chi connectivity index (χ2n) is 7.48. The first-order valence-corrected chi connectivity index (χ1v) is 11.5. The van der Waals surface area contributed by atoms with Gasteiger partial charge in [-0.1, -0.05) is 32.1 Å². The number of amides is 1. The Kier molecular flexibility index (Phi) is 11.8. The fraction of sp³-hybridized carbons (Fsp3) is 0.440. The molecule has 0 aliphatic heterocycles. The van der Waals surface area contributed by atoms with Crippen molar-refractivity contribution in [3.8, 4) is 17.9 Å². The van der Waals surface area contributed by atoms with Crippen LogP contribution in [0.3, 0.4) is 0 Å². The number of hydrogen-bond donors (Lipinski definition) is 4. The lowest BCUT2D eigenvalue weighted by Gasteiger charge is -2.10. The number of benzene rings is 1. The number of anilines is 3. The zero-order chi connectivity index (χ0) is 23.7. The Labute approximate surface area is 196 Å². The van der Waals surface area contributed by atoms with E-state index >= 15 is 0 Å². The molecular formula is C25H33N7O. The molecule has 0 bridgehead atoms. The quantitative estimate of drug-likeness (QED) is 0.274. The number of unbranched alkanes of at least 4 members (excludes halogenated alkanes) is 2. The lowest BCUT2D eigenvalue weighted by atomic mass is 10.2. The average molecular weight is 448 g/mol. The standard InChI is InChI=1S/C25H33N7O/c1-3-5-15-27-19-23(33)28-16-8-6-7-9-21-18-30-25(32-24(21)29-14-4-2)31-22-12-10-20(17-26)11-13-22/h10-13,18,27H,3-6,8,14-16,19H2,1-2H3,(H,28,33)(H2,29,30,31,32). The SMILES string of the molecule is CCCCNCC(=O)NCCCC#Cc1cnc(Nc2ccc(C#N)cc2)nc1NCCC. The summed E-state index contributed by atoms with van der Waals surface area (Å²) in [5, 5.41) is 21.4. The number of rotatable bonds is 13. The van der Waals surface area contributed by atoms with Crippen LogP contribution in [0.5, 0.6) is 0 Å². The average Bonchev–Trinajstić information content (AvgIpc) is 2.84. The molecule has 1 aromatic carbocycles. The molecule has 0 fully saturated rings. The smallest absolute Gasteiger partial charge is 0.233 e. The Morgan fingerprint density at radius 1 is 1.06 bits per heavy atom. The van der Waals surface area contributed by atoms with Crippen molar-refractivity contribution in [2.75, 3.05) is 36.8 Å². The van der Waals surface area contributed by atoms with E-state index in [2.05, 4.69) is 63.0 Å². The molecule has 0 radical (unpaired) electrons. The van der Waals surface area contributed by atoms with E-state index in [-0.39, 0.29) is 5.91 Å². The summed E-state index contributed by atoms with van der Waals surface area (Å²) in [4.78, 5) is 20.7. The van der Waals surface area contributed by atoms with E-state index in [1.807, 2.05) is 12.1 Å². The maximum atomic E-state index is 11.7. The second-order valence-corrected chi connectivity index (χ2v) is 7.48. The molecule has 0 spiro atoms. The van der Waals surface area contributed by atoms with Gasteiger partial charge in [-0.25, -0.2) is 4.98 Å². The fourth-order valence-electron chi connectivity index (χ4n) is 2.80. The van der Waals surface area contributed by atoms with E-state index in [0.29, 0.717) is 36.8 Å². The van der Waals surface area contributed by atoms with Crippen LogP contribution in [0.2, 0.25) is 0 Å². The van der Waals surface area contributed by atoms with Crippen LogP contribution in [0, 0.1) is 23.2 Å². The van der Waals surface area contributed by atoms with Crippen molar-refractivity contribution in [1.29, 1.82) is 5.26 Å². The number of carbonyl (C=O) groups excluding carboxylic acids is 1. The summed E-state index contributed by atoms with van der Waals surface area (Å²) in [6.45, 7) is 6.82. The highest BCUT2D eigenvalue weighted by atomic mass is 16.1. The van der Waals surface area contributed by atoms with Crippen LogP contribution in [-0.2, 0) is 4.79 Å². The number of nitriles is 1. The summed E-state index contributed by atoms with van der Waals surface area (Å²) in [6.07, 6.45) is 6.31. The van der Waals surface area contributed by atoms with Gasteiger partial charge in [0.25, 0.3) is 0 Å². The van der Waals surface area contributed by atoms with E-state index in [1.54, 1.807) is 18.3 Å². The molecule has 2 aromatic rings. The van der Waals surface area contributed by atoms with Crippen molar-refractivity contribution in [2.45, 2.75) is 46.0 Å². The third-order valence-electron chi connectivity index (χ3n) is 4.62. The van der Waals surface area contributed by atoms with Gasteiger partial charge in [-0.05, 0) is 50.1 Å². The minimum Gasteiger partial charge on any atom is -0.369 e. The highest BCUT2D eigenvalue weighted by Crippen LogP contribution is 2.17. The Morgan fingerprint density at radius 3 is 2.61 bits per heavy atom. The molecule has 0 saturated heterocycles. The summed E-state index contributed by atoms with van der Waals surface area (Å²) in [7, 11) is 0. The summed E-state index contributed by atoms with van der Waals surface area (Å²) in [6, 6.07) is 9.21. The lowest BCUT2D eigenvalue weighted by molar-refractivity contribution is -0.120. The molecule has 8 nitrogen and oxygen atoms in total. The van der Waals surface area contributed by atoms with Crippen LogP contribution >= 0.6 is 0 Å². The third kappa shape index (κ3) is 10.0. The molecule has 1 aromatic heterocycles. The molecule has 2 rings (SSSR count). The molecule has 0 unspecified atom stereocenters. The first kappa shape index (κ1) is 25.6. The third-order valence-corrected chi connectivity index (χ3v) is 4.62. The first-order valence-electron chi connectivity index (χ1n) is 11.5. The van der Waals surface area contributed by atoms with Gasteiger partial charge < -0.3 is 21.3 Å². The monoisotopic (exact) mass is 447 g/mol. The van der Waals surface area contributed by atoms with Gasteiger partial charge in [-0.15, -0.1) is 0 Å². The molecule has 4 N–H and O–H groups in total. The molecule has 174 valence electrons. The first-order chi connectivity index (χ1) is 16.2. The minimum atomic E-state index is 0.0175. The Bertz CT molecular complexity index is 971. The molecule has 8 heteroatoms. The van der Waals surface area contributed by atoms with Gasteiger partial charge in [-0.3, -0.25) is 4.79 Å². The lowest BCUT2D eigenvalue weighted by Crippen LogP contribution is -2.34. The van der Waals surface area contributed by atoms with E-state index in [1.165, 1.54) is 0 Å². The minimum absolute atomic E-state index is 0.0175. The summed E-state index contributed by atoms with van der Waals surface area (Å²) in [5.41, 5.74) is 2.13. The van der Waals surface area contributed by atoms with Gasteiger partial charge in [0.1, 0.15) is 5.82 Å². The molecule has 0 aliphatic carbocycles. The van der Waals surface area contributed by atoms with Crippen LogP contribution in [0.25, 0.3) is 0 Å². The zero-order valence-electron chi connectivity index (χ0n) is 19.5. The molecule has 0 aliphatic rings. The van der Waals surface area contributed by atoms with Crippen molar-refractivity contribution >= 4 is 23.4 Å². The van der Waals surface area contributed by atoms with Crippen molar-refractivity contribution in [3.05, 3.63) is 41.6 Å². The van der Waals surface area contributed by atoms with Crippen LogP contribution in [0.1, 0.15) is 57.1 Å². The maximum Gasteiger partial charge on any atom is 0.233 e. The molecule has 0 atom stereocenters. The zero-order valence-corrected chi connectivity index (χ0v) is 19.5. The Balaban J connectivity index is 1.87. The number of hydrogen-bond acceptors (Lipinski definition) is 7. The van der Waals surface area contributed by atoms with E-state index < -0.39 is 0 Å². The van der Waals surface area contributed by atoms with E-state index in [9.17, 15) is 4.79 Å². The summed E-state index contributed by atoms with van der Waals surface area (Å²) < 4.78 is 0. The molecule has 33 heavy (non-hydrogen) atoms. The summed E-state index contributed by atoms with van der Waals surface area (Å²) >= 11 is 0. The van der Waals surface area contributed by atoms with Crippen LogP contribution in [0.4, 0.5) is 17.5 Å². The van der Waals surface area contributed by atoms with Gasteiger partial charge in [0.15, 0.2) is 0 Å². The van der Waals surface area contributed by atoms with Gasteiger partial charge in [0.2, 0.25) is 11.9 Å². The van der Waals surface area contributed by atoms with Gasteiger partial charge in [0, 0.05) is 25.2 Å². The fourth-order valence-corrected chi connectivity index (χ4v) is 2.80. The second kappa shape index (κ2) is 15.2. The van der Waals surface area contributed by atoms with Crippen molar-refractivity contribution in [3.63, 3.8) is 0 Å². The number of aromatic nitrogens is 2. The highest BCUT2D eigenvalue weighted by Gasteiger charge is 2.06. The highest BCUT2D eigenvalue weighted by molar-refractivity contribution is 5.77. The van der Waals surface area contributed by atoms with Gasteiger partial charge in [-0.2, -0.15) is 10.2 Å². The Morgan fingerprint density at radius 2 is 1.88 bits per heavy atom. The number of nitrogens with zero attached hydrogens (tertiary/aromatic N) is 3. The predicted octanol–water partition coefficient (Wildman–Crippen LogP) is 3.55. The van der Waals surface area contributed by atoms with Crippen LogP contribution in [-0.4, -0.2) is 42.1 Å². The largest absolute Gasteiger partial charge is 0.369 e. The number of carbonyl (C=O) groups is 1. The predicted molar refractivity (Wildman–Crippen MR) is 132 cm³/mol. The maximum absolute atomic E-state index is 11.7. The van der Waals surface area contributed by atoms with Crippen molar-refractivity contribution in [1.82, 2.24) is 20.6 Å². The van der Waals surface area contributed by atoms with Crippen LogP contribution in [0.15, 0.2) is 30.5 Å². The van der Waals surface area contributed by atoms with Gasteiger partial charge in [0.05, 0.1) is 29.9 Å². The topological polar surface area (TPSA) is 115 Å². The van der Waals surface area contributed by atoms with Crippen molar-refractivity contribution in [2.24, 2.45) is 0 Å². The van der Waals surface area contributed by atoms with E-state index in [0.717, 1.165) is 50.0 Å². The van der Waals surface area contributed by atoms with Gasteiger partial charge >= 0.3 is 0 Å². The summed E-state index contributed by atoms with van der Waals surface area (Å²) in [5.74, 6) is 7.44. The Hall–Kier alpha value is -3.62. The van der Waals surface area contributed by atoms with Crippen LogP contribution < -0.4 is 21.3 Å². The molecular weight excluding hydrogens is 414 g/mol. The molecule has 1 heterocycles. The number of nitrogens with one attached hydrogen (secondary N) is 4. The van der Waals surface area contributed by atoms with E-state index in [4.69, 9.17) is 5.26 Å². The molecule has 1 amide bonds. The normalized spacial score (nSPS) is 9.97.